The molecule has 0 fully saturated rings. The molecule has 0 radical (unpaired) electrons. The molecule has 0 saturated heterocycles. The van der Waals surface area contributed by atoms with Gasteiger partial charge < -0.3 is 10.1 Å². The Morgan fingerprint density at radius 1 is 1.26 bits per heavy atom. The van der Waals surface area contributed by atoms with Crippen LogP contribution in [0.5, 0.6) is 0 Å². The van der Waals surface area contributed by atoms with Gasteiger partial charge in [-0.25, -0.2) is 4.79 Å². The third kappa shape index (κ3) is 8.27. The molecule has 1 aromatic rings. The van der Waals surface area contributed by atoms with Gasteiger partial charge in [-0.1, -0.05) is 62.1 Å². The minimum Gasteiger partial charge on any atom is -0.464 e. The molecule has 0 aliphatic heterocycles. The van der Waals surface area contributed by atoms with Crippen molar-refractivity contribution in [2.75, 3.05) is 19.7 Å². The average Bonchev–Trinajstić information content (AvgIpc) is 2.66. The molecule has 0 aromatic heterocycles. The number of hydrogen-bond donors (Lipinski definition) is 1. The van der Waals surface area contributed by atoms with Gasteiger partial charge in [0, 0.05) is 18.8 Å². The quantitative estimate of drug-likeness (QED) is 0.436. The van der Waals surface area contributed by atoms with Crippen LogP contribution < -0.4 is 5.32 Å². The van der Waals surface area contributed by atoms with Crippen LogP contribution in [0.25, 0.3) is 0 Å². The smallest absolute Gasteiger partial charge is 0.331 e. The maximum absolute atomic E-state index is 12.6. The maximum atomic E-state index is 12.6. The second-order valence-corrected chi connectivity index (χ2v) is 6.69. The molecule has 27 heavy (non-hydrogen) atoms. The van der Waals surface area contributed by atoms with E-state index in [1.165, 1.54) is 5.56 Å². The van der Waals surface area contributed by atoms with Crippen LogP contribution in [0, 0.1) is 0 Å². The largest absolute Gasteiger partial charge is 0.464 e. The molecular weight excluding hydrogens is 336 g/mol. The Hall–Kier alpha value is -2.33. The minimum absolute atomic E-state index is 0.249. The van der Waals surface area contributed by atoms with Crippen molar-refractivity contribution in [2.45, 2.75) is 46.2 Å². The molecule has 0 amide bonds. The lowest BCUT2D eigenvalue weighted by Gasteiger charge is -2.32. The summed E-state index contributed by atoms with van der Waals surface area (Å²) >= 11 is 0. The Morgan fingerprint density at radius 2 is 1.96 bits per heavy atom. The van der Waals surface area contributed by atoms with E-state index >= 15 is 0 Å². The number of carbonyl (C=O) groups excluding carboxylic acids is 1. The van der Waals surface area contributed by atoms with Gasteiger partial charge in [-0.05, 0) is 45.4 Å². The standard InChI is InChI=1S/C23H34N2O2/c1-6-9-11-14-20(4)24-23(5,22(26)27-8-3)17-18-25(7-2)19-21-15-12-10-13-16-21/h6,9-16,24H,4,7-8,17-19H2,1-3,5H3/b9-6-,14-11-. The summed E-state index contributed by atoms with van der Waals surface area (Å²) in [6.07, 6.45) is 8.25. The highest BCUT2D eigenvalue weighted by molar-refractivity contribution is 5.80. The normalized spacial score (nSPS) is 13.8. The van der Waals surface area contributed by atoms with Gasteiger partial charge in [0.15, 0.2) is 0 Å². The lowest BCUT2D eigenvalue weighted by molar-refractivity contribution is -0.150. The molecule has 4 nitrogen and oxygen atoms in total. The molecule has 0 aliphatic carbocycles. The molecule has 0 aliphatic rings. The maximum Gasteiger partial charge on any atom is 0.331 e. The van der Waals surface area contributed by atoms with Crippen molar-refractivity contribution in [1.29, 1.82) is 0 Å². The molecule has 1 atom stereocenters. The first-order valence-electron chi connectivity index (χ1n) is 9.65. The van der Waals surface area contributed by atoms with Crippen LogP contribution in [0.3, 0.4) is 0 Å². The number of benzene rings is 1. The summed E-state index contributed by atoms with van der Waals surface area (Å²) in [4.78, 5) is 14.9. The molecule has 1 rings (SSSR count). The van der Waals surface area contributed by atoms with Gasteiger partial charge in [0.25, 0.3) is 0 Å². The molecular formula is C23H34N2O2. The summed E-state index contributed by atoms with van der Waals surface area (Å²) in [5.74, 6) is -0.249. The number of hydrogen-bond acceptors (Lipinski definition) is 4. The van der Waals surface area contributed by atoms with Crippen LogP contribution in [-0.4, -0.2) is 36.1 Å². The van der Waals surface area contributed by atoms with Crippen LogP contribution >= 0.6 is 0 Å². The lowest BCUT2D eigenvalue weighted by Crippen LogP contribution is -2.51. The lowest BCUT2D eigenvalue weighted by atomic mass is 9.96. The number of esters is 1. The Kier molecular flexibility index (Phi) is 10.2. The zero-order valence-electron chi connectivity index (χ0n) is 17.2. The van der Waals surface area contributed by atoms with E-state index in [1.54, 1.807) is 0 Å². The second kappa shape index (κ2) is 12.1. The number of carbonyl (C=O) groups is 1. The monoisotopic (exact) mass is 370 g/mol. The molecule has 0 spiro atoms. The zero-order chi connectivity index (χ0) is 20.1. The van der Waals surface area contributed by atoms with Crippen molar-refractivity contribution >= 4 is 5.97 Å². The summed E-state index contributed by atoms with van der Waals surface area (Å²) in [6, 6.07) is 10.4. The topological polar surface area (TPSA) is 41.6 Å². The summed E-state index contributed by atoms with van der Waals surface area (Å²) in [5, 5.41) is 3.26. The van der Waals surface area contributed by atoms with Gasteiger partial charge >= 0.3 is 5.97 Å². The Morgan fingerprint density at radius 3 is 2.56 bits per heavy atom. The van der Waals surface area contributed by atoms with Gasteiger partial charge in [0.1, 0.15) is 5.54 Å². The Labute approximate surface area is 164 Å². The number of nitrogens with zero attached hydrogens (tertiary/aromatic N) is 1. The summed E-state index contributed by atoms with van der Waals surface area (Å²) in [5.41, 5.74) is 1.14. The zero-order valence-corrected chi connectivity index (χ0v) is 17.2. The Bertz CT molecular complexity index is 637. The first kappa shape index (κ1) is 22.7. The molecule has 0 heterocycles. The van der Waals surface area contributed by atoms with E-state index in [0.717, 1.165) is 19.6 Å². The van der Waals surface area contributed by atoms with Crippen molar-refractivity contribution in [3.05, 3.63) is 72.5 Å². The first-order chi connectivity index (χ1) is 12.9. The van der Waals surface area contributed by atoms with E-state index in [2.05, 4.69) is 48.0 Å². The second-order valence-electron chi connectivity index (χ2n) is 6.69. The number of allylic oxidation sites excluding steroid dienone is 4. The van der Waals surface area contributed by atoms with E-state index in [9.17, 15) is 4.79 Å². The fraction of sp³-hybridized carbons (Fsp3) is 0.435. The molecule has 4 heteroatoms. The SMILES string of the molecule is C=C(/C=C\C=C/C)NC(C)(CCN(CC)Cc1ccccc1)C(=O)OCC. The van der Waals surface area contributed by atoms with Gasteiger partial charge in [0.05, 0.1) is 6.61 Å². The van der Waals surface area contributed by atoms with Crippen molar-refractivity contribution in [1.82, 2.24) is 10.2 Å². The third-order valence-corrected chi connectivity index (χ3v) is 4.39. The van der Waals surface area contributed by atoms with Crippen molar-refractivity contribution in [2.24, 2.45) is 0 Å². The highest BCUT2D eigenvalue weighted by Gasteiger charge is 2.34. The first-order valence-corrected chi connectivity index (χ1v) is 9.65. The van der Waals surface area contributed by atoms with Crippen LogP contribution in [0.4, 0.5) is 0 Å². The van der Waals surface area contributed by atoms with Gasteiger partial charge in [0.2, 0.25) is 0 Å². The van der Waals surface area contributed by atoms with E-state index in [-0.39, 0.29) is 5.97 Å². The van der Waals surface area contributed by atoms with Crippen molar-refractivity contribution < 1.29 is 9.53 Å². The van der Waals surface area contributed by atoms with Crippen molar-refractivity contribution in [3.8, 4) is 0 Å². The Balaban J connectivity index is 2.80. The molecule has 0 bridgehead atoms. The van der Waals surface area contributed by atoms with E-state index < -0.39 is 5.54 Å². The number of ether oxygens (including phenoxy) is 1. The molecule has 148 valence electrons. The summed E-state index contributed by atoms with van der Waals surface area (Å²) < 4.78 is 5.32. The number of nitrogens with one attached hydrogen (secondary N) is 1. The summed E-state index contributed by atoms with van der Waals surface area (Å²) in [7, 11) is 0. The van der Waals surface area contributed by atoms with Crippen LogP contribution in [0.2, 0.25) is 0 Å². The minimum atomic E-state index is -0.822. The number of rotatable bonds is 12. The fourth-order valence-corrected chi connectivity index (χ4v) is 2.76. The predicted octanol–water partition coefficient (Wildman–Crippen LogP) is 4.46. The van der Waals surface area contributed by atoms with E-state index in [0.29, 0.717) is 18.7 Å². The highest BCUT2D eigenvalue weighted by Crippen LogP contribution is 2.17. The summed E-state index contributed by atoms with van der Waals surface area (Å²) in [6.45, 7) is 14.7. The van der Waals surface area contributed by atoms with E-state index in [4.69, 9.17) is 4.74 Å². The average molecular weight is 371 g/mol. The van der Waals surface area contributed by atoms with Gasteiger partial charge in [-0.3, -0.25) is 4.90 Å². The van der Waals surface area contributed by atoms with Gasteiger partial charge in [-0.2, -0.15) is 0 Å². The van der Waals surface area contributed by atoms with Crippen LogP contribution in [0.1, 0.15) is 39.7 Å². The fourth-order valence-electron chi connectivity index (χ4n) is 2.76. The van der Waals surface area contributed by atoms with Crippen molar-refractivity contribution in [3.63, 3.8) is 0 Å². The van der Waals surface area contributed by atoms with Gasteiger partial charge in [-0.15, -0.1) is 0 Å². The highest BCUT2D eigenvalue weighted by atomic mass is 16.5. The molecule has 1 aromatic carbocycles. The molecule has 0 saturated carbocycles. The molecule has 1 unspecified atom stereocenters. The third-order valence-electron chi connectivity index (χ3n) is 4.39. The van der Waals surface area contributed by atoms with Crippen LogP contribution in [-0.2, 0) is 16.1 Å². The van der Waals surface area contributed by atoms with E-state index in [1.807, 2.05) is 51.1 Å². The van der Waals surface area contributed by atoms with Crippen LogP contribution in [0.15, 0.2) is 66.9 Å². The predicted molar refractivity (Wildman–Crippen MR) is 113 cm³/mol. The molecule has 1 N–H and O–H groups in total.